The molecular weight excluding hydrogens is 232 g/mol. The molecule has 2 bridgehead atoms. The first-order valence-electron chi connectivity index (χ1n) is 6.67. The monoisotopic (exact) mass is 252 g/mol. The van der Waals surface area contributed by atoms with E-state index in [0.29, 0.717) is 18.1 Å². The number of thiazole rings is 1. The summed E-state index contributed by atoms with van der Waals surface area (Å²) in [6.07, 6.45) is 7.90. The number of nitrogens with one attached hydrogen (secondary N) is 1. The highest BCUT2D eigenvalue weighted by molar-refractivity contribution is 7.11. The number of aromatic nitrogens is 1. The largest absolute Gasteiger partial charge is 0.374 e. The van der Waals surface area contributed by atoms with Crippen molar-refractivity contribution < 1.29 is 4.74 Å². The van der Waals surface area contributed by atoms with Gasteiger partial charge in [0.2, 0.25) is 0 Å². The Labute approximate surface area is 107 Å². The van der Waals surface area contributed by atoms with Crippen LogP contribution in [0.3, 0.4) is 0 Å². The highest BCUT2D eigenvalue weighted by Crippen LogP contribution is 2.45. The van der Waals surface area contributed by atoms with Gasteiger partial charge in [0.25, 0.3) is 0 Å². The average Bonchev–Trinajstić information content (AvgIpc) is 3.04. The molecule has 0 saturated carbocycles. The van der Waals surface area contributed by atoms with Crippen molar-refractivity contribution in [3.63, 3.8) is 0 Å². The van der Waals surface area contributed by atoms with Crippen molar-refractivity contribution in [2.45, 2.75) is 57.3 Å². The van der Waals surface area contributed by atoms with Crippen molar-refractivity contribution in [1.29, 1.82) is 0 Å². The zero-order chi connectivity index (χ0) is 11.7. The second-order valence-electron chi connectivity index (χ2n) is 5.06. The molecule has 3 unspecified atom stereocenters. The molecule has 2 saturated heterocycles. The van der Waals surface area contributed by atoms with Crippen LogP contribution in [0.1, 0.15) is 48.4 Å². The molecule has 1 N–H and O–H groups in total. The van der Waals surface area contributed by atoms with Gasteiger partial charge < -0.3 is 10.1 Å². The van der Waals surface area contributed by atoms with Gasteiger partial charge in [-0.15, -0.1) is 11.3 Å². The predicted octanol–water partition coefficient (Wildman–Crippen LogP) is 2.68. The molecule has 0 aliphatic carbocycles. The Balaban J connectivity index is 1.60. The predicted molar refractivity (Wildman–Crippen MR) is 69.4 cm³/mol. The van der Waals surface area contributed by atoms with Crippen molar-refractivity contribution in [3.8, 4) is 0 Å². The van der Waals surface area contributed by atoms with E-state index in [9.17, 15) is 0 Å². The van der Waals surface area contributed by atoms with Gasteiger partial charge in [0.1, 0.15) is 0 Å². The van der Waals surface area contributed by atoms with E-state index in [1.54, 1.807) is 0 Å². The summed E-state index contributed by atoms with van der Waals surface area (Å²) in [6, 6.07) is 0. The van der Waals surface area contributed by atoms with Gasteiger partial charge in [-0.2, -0.15) is 0 Å². The van der Waals surface area contributed by atoms with E-state index in [0.717, 1.165) is 13.1 Å². The van der Waals surface area contributed by atoms with Crippen molar-refractivity contribution in [1.82, 2.24) is 10.3 Å². The molecule has 3 rings (SSSR count). The van der Waals surface area contributed by atoms with E-state index in [1.165, 1.54) is 35.6 Å². The van der Waals surface area contributed by atoms with E-state index >= 15 is 0 Å². The molecule has 3 atom stereocenters. The zero-order valence-corrected chi connectivity index (χ0v) is 11.1. The summed E-state index contributed by atoms with van der Waals surface area (Å²) in [5.41, 5.74) is 0. The highest BCUT2D eigenvalue weighted by Gasteiger charge is 2.42. The SMILES string of the molecule is CCCNCc1cnc(C2CC3CCC2O3)s1. The van der Waals surface area contributed by atoms with E-state index in [4.69, 9.17) is 4.74 Å². The lowest BCUT2D eigenvalue weighted by molar-refractivity contribution is 0.101. The molecule has 2 aliphatic heterocycles. The molecule has 0 aromatic carbocycles. The second-order valence-corrected chi connectivity index (χ2v) is 6.20. The quantitative estimate of drug-likeness (QED) is 0.818. The van der Waals surface area contributed by atoms with Gasteiger partial charge in [-0.3, -0.25) is 0 Å². The lowest BCUT2D eigenvalue weighted by atomic mass is 9.90. The smallest absolute Gasteiger partial charge is 0.0986 e. The fourth-order valence-electron chi connectivity index (χ4n) is 2.86. The molecule has 0 radical (unpaired) electrons. The van der Waals surface area contributed by atoms with E-state index < -0.39 is 0 Å². The van der Waals surface area contributed by atoms with Crippen LogP contribution in [0, 0.1) is 0 Å². The van der Waals surface area contributed by atoms with Crippen LogP contribution >= 0.6 is 11.3 Å². The summed E-state index contributed by atoms with van der Waals surface area (Å²) in [7, 11) is 0. The molecule has 17 heavy (non-hydrogen) atoms. The number of ether oxygens (including phenoxy) is 1. The van der Waals surface area contributed by atoms with Gasteiger partial charge in [0.15, 0.2) is 0 Å². The third-order valence-electron chi connectivity index (χ3n) is 3.72. The lowest BCUT2D eigenvalue weighted by Gasteiger charge is -2.15. The third-order valence-corrected chi connectivity index (χ3v) is 4.85. The van der Waals surface area contributed by atoms with Gasteiger partial charge in [0, 0.05) is 23.5 Å². The second kappa shape index (κ2) is 5.04. The first-order valence-corrected chi connectivity index (χ1v) is 7.49. The average molecular weight is 252 g/mol. The van der Waals surface area contributed by atoms with E-state index in [2.05, 4.69) is 17.2 Å². The van der Waals surface area contributed by atoms with Crippen LogP contribution in [-0.4, -0.2) is 23.7 Å². The van der Waals surface area contributed by atoms with Crippen molar-refractivity contribution in [2.75, 3.05) is 6.54 Å². The number of rotatable bonds is 5. The van der Waals surface area contributed by atoms with Crippen LogP contribution in [-0.2, 0) is 11.3 Å². The van der Waals surface area contributed by atoms with Crippen molar-refractivity contribution in [3.05, 3.63) is 16.1 Å². The van der Waals surface area contributed by atoms with Crippen LogP contribution in [0.15, 0.2) is 6.20 Å². The molecule has 3 nitrogen and oxygen atoms in total. The molecular formula is C13H20N2OS. The van der Waals surface area contributed by atoms with Gasteiger partial charge in [0.05, 0.1) is 17.2 Å². The minimum Gasteiger partial charge on any atom is -0.374 e. The summed E-state index contributed by atoms with van der Waals surface area (Å²) in [6.45, 7) is 4.25. The number of nitrogens with zero attached hydrogens (tertiary/aromatic N) is 1. The zero-order valence-electron chi connectivity index (χ0n) is 10.3. The molecule has 4 heteroatoms. The number of hydrogen-bond donors (Lipinski definition) is 1. The number of fused-ring (bicyclic) bond motifs is 2. The number of hydrogen-bond acceptors (Lipinski definition) is 4. The first-order chi connectivity index (χ1) is 8.36. The summed E-state index contributed by atoms with van der Waals surface area (Å²) in [4.78, 5) is 5.95. The maximum absolute atomic E-state index is 5.90. The van der Waals surface area contributed by atoms with Crippen molar-refractivity contribution >= 4 is 11.3 Å². The molecule has 94 valence electrons. The molecule has 0 spiro atoms. The van der Waals surface area contributed by atoms with Crippen molar-refractivity contribution in [2.24, 2.45) is 0 Å². The standard InChI is InChI=1S/C13H20N2OS/c1-2-5-14-7-10-8-15-13(17-10)11-6-9-3-4-12(11)16-9/h8-9,11-12,14H,2-7H2,1H3. The summed E-state index contributed by atoms with van der Waals surface area (Å²) in [5.74, 6) is 0.582. The minimum atomic E-state index is 0.461. The molecule has 0 amide bonds. The Bertz CT molecular complexity index is 379. The van der Waals surface area contributed by atoms with Crippen LogP contribution < -0.4 is 5.32 Å². The minimum absolute atomic E-state index is 0.461. The summed E-state index contributed by atoms with van der Waals surface area (Å²) in [5, 5.41) is 4.73. The third kappa shape index (κ3) is 2.39. The molecule has 2 fully saturated rings. The normalized spacial score (nSPS) is 31.2. The Kier molecular flexibility index (Phi) is 3.45. The highest BCUT2D eigenvalue weighted by atomic mass is 32.1. The first kappa shape index (κ1) is 11.6. The van der Waals surface area contributed by atoms with E-state index in [-0.39, 0.29) is 0 Å². The van der Waals surface area contributed by atoms with Gasteiger partial charge >= 0.3 is 0 Å². The Morgan fingerprint density at radius 2 is 2.47 bits per heavy atom. The van der Waals surface area contributed by atoms with Crippen LogP contribution in [0.2, 0.25) is 0 Å². The summed E-state index contributed by atoms with van der Waals surface area (Å²) >= 11 is 1.87. The molecule has 1 aromatic heterocycles. The maximum Gasteiger partial charge on any atom is 0.0986 e. The Morgan fingerprint density at radius 1 is 1.53 bits per heavy atom. The molecule has 3 heterocycles. The van der Waals surface area contributed by atoms with Crippen LogP contribution in [0.5, 0.6) is 0 Å². The molecule has 1 aromatic rings. The topological polar surface area (TPSA) is 34.2 Å². The fourth-order valence-corrected chi connectivity index (χ4v) is 3.91. The van der Waals surface area contributed by atoms with Gasteiger partial charge in [-0.1, -0.05) is 6.92 Å². The Morgan fingerprint density at radius 3 is 3.18 bits per heavy atom. The van der Waals surface area contributed by atoms with Crippen LogP contribution in [0.25, 0.3) is 0 Å². The van der Waals surface area contributed by atoms with Gasteiger partial charge in [-0.05, 0) is 32.2 Å². The van der Waals surface area contributed by atoms with E-state index in [1.807, 2.05) is 17.5 Å². The summed E-state index contributed by atoms with van der Waals surface area (Å²) < 4.78 is 5.90. The van der Waals surface area contributed by atoms with Crippen LogP contribution in [0.4, 0.5) is 0 Å². The van der Waals surface area contributed by atoms with Gasteiger partial charge in [-0.25, -0.2) is 4.98 Å². The molecule has 2 aliphatic rings. The fraction of sp³-hybridized carbons (Fsp3) is 0.769. The maximum atomic E-state index is 5.90. The Hall–Kier alpha value is -0.450. The lowest BCUT2D eigenvalue weighted by Crippen LogP contribution is -2.14.